The van der Waals surface area contributed by atoms with Crippen molar-refractivity contribution in [2.75, 3.05) is 16.9 Å². The molecule has 1 amide bonds. The Morgan fingerprint density at radius 2 is 1.68 bits per heavy atom. The number of sulfone groups is 1. The van der Waals surface area contributed by atoms with Gasteiger partial charge in [0, 0.05) is 17.9 Å². The summed E-state index contributed by atoms with van der Waals surface area (Å²) in [5.74, 6) is -0.570. The van der Waals surface area contributed by atoms with Crippen LogP contribution < -0.4 is 21.9 Å². The molecule has 10 heteroatoms. The average molecular weight is 483 g/mol. The van der Waals surface area contributed by atoms with Crippen molar-refractivity contribution in [1.29, 1.82) is 0 Å². The van der Waals surface area contributed by atoms with Crippen LogP contribution in [0.15, 0.2) is 69.1 Å². The minimum Gasteiger partial charge on any atom is -0.383 e. The van der Waals surface area contributed by atoms with Crippen LogP contribution in [0.3, 0.4) is 0 Å². The molecule has 1 heterocycles. The van der Waals surface area contributed by atoms with E-state index in [1.807, 2.05) is 30.3 Å². The van der Waals surface area contributed by atoms with Crippen molar-refractivity contribution in [3.05, 3.63) is 86.6 Å². The Morgan fingerprint density at radius 3 is 2.26 bits per heavy atom. The molecule has 4 rings (SSSR count). The fourth-order valence-corrected chi connectivity index (χ4v) is 4.96. The number of aromatic nitrogens is 2. The Hall–Kier alpha value is -3.66. The maximum absolute atomic E-state index is 13.6. The van der Waals surface area contributed by atoms with Crippen molar-refractivity contribution in [3.8, 4) is 0 Å². The molecule has 1 fully saturated rings. The number of carbonyl (C=O) groups is 1. The van der Waals surface area contributed by atoms with Crippen molar-refractivity contribution in [2.24, 2.45) is 0 Å². The van der Waals surface area contributed by atoms with Crippen LogP contribution in [0.2, 0.25) is 0 Å². The van der Waals surface area contributed by atoms with E-state index in [2.05, 4.69) is 4.98 Å². The maximum atomic E-state index is 13.6. The largest absolute Gasteiger partial charge is 0.383 e. The molecule has 1 aliphatic carbocycles. The van der Waals surface area contributed by atoms with Gasteiger partial charge in [0.2, 0.25) is 0 Å². The van der Waals surface area contributed by atoms with Gasteiger partial charge in [-0.15, -0.1) is 0 Å². The molecule has 0 aliphatic heterocycles. The van der Waals surface area contributed by atoms with E-state index in [9.17, 15) is 22.8 Å². The first kappa shape index (κ1) is 23.5. The monoisotopic (exact) mass is 482 g/mol. The fourth-order valence-electron chi connectivity index (χ4n) is 4.33. The van der Waals surface area contributed by atoms with Gasteiger partial charge < -0.3 is 5.73 Å². The first-order chi connectivity index (χ1) is 16.2. The van der Waals surface area contributed by atoms with E-state index in [4.69, 9.17) is 5.73 Å². The third kappa shape index (κ3) is 4.67. The number of nitrogens with two attached hydrogens (primary N) is 1. The number of benzene rings is 2. The van der Waals surface area contributed by atoms with E-state index in [0.29, 0.717) is 12.8 Å². The summed E-state index contributed by atoms with van der Waals surface area (Å²) in [5.41, 5.74) is 5.93. The Morgan fingerprint density at radius 1 is 1.06 bits per heavy atom. The van der Waals surface area contributed by atoms with Gasteiger partial charge in [-0.05, 0) is 42.7 Å². The normalized spacial score (nSPS) is 14.3. The average Bonchev–Trinajstić information content (AvgIpc) is 3.33. The van der Waals surface area contributed by atoms with Crippen LogP contribution in [0, 0.1) is 0 Å². The summed E-state index contributed by atoms with van der Waals surface area (Å²) in [4.78, 5) is 43.0. The van der Waals surface area contributed by atoms with Gasteiger partial charge in [0.15, 0.2) is 15.5 Å². The first-order valence-electron chi connectivity index (χ1n) is 11.0. The molecular weight excluding hydrogens is 456 g/mol. The summed E-state index contributed by atoms with van der Waals surface area (Å²) >= 11 is 0. The Bertz CT molecular complexity index is 1420. The molecular formula is C24H26N4O5S. The summed E-state index contributed by atoms with van der Waals surface area (Å²) < 4.78 is 24.8. The number of hydrogen-bond donors (Lipinski definition) is 2. The summed E-state index contributed by atoms with van der Waals surface area (Å²) in [7, 11) is -3.42. The molecule has 0 bridgehead atoms. The van der Waals surface area contributed by atoms with E-state index in [0.717, 1.165) is 24.7 Å². The Labute approximate surface area is 196 Å². The maximum Gasteiger partial charge on any atom is 0.330 e. The Kier molecular flexibility index (Phi) is 6.43. The van der Waals surface area contributed by atoms with Gasteiger partial charge in [0.1, 0.15) is 5.82 Å². The second kappa shape index (κ2) is 9.30. The molecule has 34 heavy (non-hydrogen) atoms. The fraction of sp³-hybridized carbons (Fsp3) is 0.292. The molecule has 1 saturated carbocycles. The first-order valence-corrected chi connectivity index (χ1v) is 12.9. The van der Waals surface area contributed by atoms with Crippen LogP contribution in [0.5, 0.6) is 0 Å². The van der Waals surface area contributed by atoms with Crippen molar-refractivity contribution in [1.82, 2.24) is 9.55 Å². The zero-order valence-electron chi connectivity index (χ0n) is 18.7. The highest BCUT2D eigenvalue weighted by molar-refractivity contribution is 7.90. The highest BCUT2D eigenvalue weighted by atomic mass is 32.2. The van der Waals surface area contributed by atoms with E-state index >= 15 is 0 Å². The number of carbonyl (C=O) groups excluding carboxylic acids is 1. The van der Waals surface area contributed by atoms with Gasteiger partial charge >= 0.3 is 5.69 Å². The molecule has 2 aromatic carbocycles. The lowest BCUT2D eigenvalue weighted by Crippen LogP contribution is -2.45. The number of amides is 1. The summed E-state index contributed by atoms with van der Waals surface area (Å²) in [5, 5.41) is 0. The lowest BCUT2D eigenvalue weighted by Gasteiger charge is -2.30. The molecule has 0 spiro atoms. The lowest BCUT2D eigenvalue weighted by molar-refractivity contribution is 0.0976. The number of nitrogen functional groups attached to an aromatic ring is 1. The van der Waals surface area contributed by atoms with Crippen LogP contribution >= 0.6 is 0 Å². The van der Waals surface area contributed by atoms with E-state index in [1.54, 1.807) is 0 Å². The zero-order chi connectivity index (χ0) is 24.5. The van der Waals surface area contributed by atoms with Gasteiger partial charge in [-0.2, -0.15) is 0 Å². The number of aromatic amines is 1. The number of anilines is 2. The molecule has 0 saturated heterocycles. The van der Waals surface area contributed by atoms with Crippen molar-refractivity contribution >= 4 is 27.2 Å². The van der Waals surface area contributed by atoms with Crippen LogP contribution in [0.25, 0.3) is 0 Å². The van der Waals surface area contributed by atoms with Gasteiger partial charge in [0.25, 0.3) is 11.5 Å². The van der Waals surface area contributed by atoms with Gasteiger partial charge in [-0.3, -0.25) is 24.0 Å². The second-order valence-corrected chi connectivity index (χ2v) is 10.5. The minimum atomic E-state index is -3.42. The predicted octanol–water partition coefficient (Wildman–Crippen LogP) is 2.16. The second-order valence-electron chi connectivity index (χ2n) is 8.47. The zero-order valence-corrected chi connectivity index (χ0v) is 19.5. The molecule has 3 aromatic rings. The van der Waals surface area contributed by atoms with Crippen molar-refractivity contribution < 1.29 is 13.2 Å². The number of hydrogen-bond acceptors (Lipinski definition) is 6. The smallest absolute Gasteiger partial charge is 0.330 e. The molecule has 0 radical (unpaired) electrons. The lowest BCUT2D eigenvalue weighted by atomic mass is 10.1. The molecule has 0 atom stereocenters. The van der Waals surface area contributed by atoms with Crippen LogP contribution in [0.1, 0.15) is 41.6 Å². The van der Waals surface area contributed by atoms with Crippen molar-refractivity contribution in [3.63, 3.8) is 0 Å². The third-order valence-corrected chi connectivity index (χ3v) is 7.21. The van der Waals surface area contributed by atoms with Crippen LogP contribution in [0.4, 0.5) is 11.5 Å². The van der Waals surface area contributed by atoms with E-state index in [-0.39, 0.29) is 34.6 Å². The predicted molar refractivity (Wildman–Crippen MR) is 130 cm³/mol. The highest BCUT2D eigenvalue weighted by Gasteiger charge is 2.33. The third-order valence-electron chi connectivity index (χ3n) is 6.08. The van der Waals surface area contributed by atoms with Crippen LogP contribution in [-0.4, -0.2) is 36.2 Å². The summed E-state index contributed by atoms with van der Waals surface area (Å²) in [6, 6.07) is 14.5. The molecule has 1 aromatic heterocycles. The van der Waals surface area contributed by atoms with E-state index in [1.165, 1.54) is 33.7 Å². The molecule has 178 valence electrons. The van der Waals surface area contributed by atoms with Crippen molar-refractivity contribution in [2.45, 2.75) is 43.2 Å². The van der Waals surface area contributed by atoms with Gasteiger partial charge in [-0.1, -0.05) is 43.2 Å². The highest BCUT2D eigenvalue weighted by Crippen LogP contribution is 2.31. The number of nitrogens with one attached hydrogen (secondary N) is 1. The SMILES string of the molecule is CS(=O)(=O)c1ccc(C(=O)N(c2c(N)n(Cc3ccccc3)c(=O)[nH]c2=O)C2CCCC2)cc1. The number of H-pyrrole nitrogens is 1. The Balaban J connectivity index is 1.81. The number of rotatable bonds is 6. The van der Waals surface area contributed by atoms with E-state index < -0.39 is 27.0 Å². The van der Waals surface area contributed by atoms with Crippen LogP contribution in [-0.2, 0) is 16.4 Å². The molecule has 1 aliphatic rings. The number of nitrogens with zero attached hydrogens (tertiary/aromatic N) is 2. The van der Waals surface area contributed by atoms with Gasteiger partial charge in [0.05, 0.1) is 11.4 Å². The topological polar surface area (TPSA) is 135 Å². The minimum absolute atomic E-state index is 0.0698. The molecule has 3 N–H and O–H groups in total. The summed E-state index contributed by atoms with van der Waals surface area (Å²) in [6.45, 7) is 0.130. The molecule has 0 unspecified atom stereocenters. The standard InChI is InChI=1S/C24H26N4O5S/c1-34(32,33)19-13-11-17(12-14-19)23(30)28(18-9-5-6-10-18)20-21(25)27(24(31)26-22(20)29)15-16-7-3-2-4-8-16/h2-4,7-8,11-14,18H,5-6,9-10,15,25H2,1H3,(H,26,29,31). The van der Waals surface area contributed by atoms with Gasteiger partial charge in [-0.25, -0.2) is 13.2 Å². The molecule has 9 nitrogen and oxygen atoms in total. The quantitative estimate of drug-likeness (QED) is 0.553. The summed E-state index contributed by atoms with van der Waals surface area (Å²) in [6.07, 6.45) is 4.24.